The molecule has 7 heteroatoms. The maximum atomic E-state index is 12.9. The molecule has 1 fully saturated rings. The summed E-state index contributed by atoms with van der Waals surface area (Å²) >= 11 is 5.97. The van der Waals surface area contributed by atoms with Gasteiger partial charge < -0.3 is 10.0 Å². The lowest BCUT2D eigenvalue weighted by atomic mass is 9.79. The summed E-state index contributed by atoms with van der Waals surface area (Å²) in [5.41, 5.74) is 0.340. The second kappa shape index (κ2) is 7.97. The van der Waals surface area contributed by atoms with Gasteiger partial charge in [0.2, 0.25) is 0 Å². The van der Waals surface area contributed by atoms with Crippen LogP contribution < -0.4 is 4.90 Å². The molecule has 2 aliphatic rings. The second-order valence-corrected chi connectivity index (χ2v) is 7.58. The van der Waals surface area contributed by atoms with E-state index in [0.29, 0.717) is 24.4 Å². The van der Waals surface area contributed by atoms with E-state index >= 15 is 0 Å². The van der Waals surface area contributed by atoms with Gasteiger partial charge >= 0.3 is 12.1 Å². The van der Waals surface area contributed by atoms with E-state index in [1.165, 1.54) is 6.08 Å². The summed E-state index contributed by atoms with van der Waals surface area (Å²) in [4.78, 5) is 13.3. The van der Waals surface area contributed by atoms with Crippen LogP contribution in [0.3, 0.4) is 0 Å². The molecule has 3 atom stereocenters. The molecule has 3 rings (SSSR count). The van der Waals surface area contributed by atoms with Crippen molar-refractivity contribution in [3.8, 4) is 0 Å². The van der Waals surface area contributed by atoms with Crippen LogP contribution in [0.2, 0.25) is 5.02 Å². The van der Waals surface area contributed by atoms with Crippen LogP contribution in [-0.4, -0.2) is 29.8 Å². The quantitative estimate of drug-likeness (QED) is 0.730. The topological polar surface area (TPSA) is 40.5 Å². The summed E-state index contributed by atoms with van der Waals surface area (Å²) in [5, 5.41) is 9.74. The van der Waals surface area contributed by atoms with Gasteiger partial charge in [0.1, 0.15) is 0 Å². The summed E-state index contributed by atoms with van der Waals surface area (Å²) in [5.74, 6) is -0.905. The zero-order valence-electron chi connectivity index (χ0n) is 14.6. The molecule has 0 aromatic heterocycles. The van der Waals surface area contributed by atoms with Gasteiger partial charge in [0.15, 0.2) is 0 Å². The molecular weight excluding hydrogens is 379 g/mol. The lowest BCUT2D eigenvalue weighted by molar-refractivity contribution is -0.138. The molecule has 0 bridgehead atoms. The van der Waals surface area contributed by atoms with Crippen LogP contribution in [0.1, 0.15) is 25.7 Å². The van der Waals surface area contributed by atoms with E-state index in [1.54, 1.807) is 18.2 Å². The predicted octanol–water partition coefficient (Wildman–Crippen LogP) is 5.46. The number of carboxylic acid groups (broad SMARTS) is 1. The van der Waals surface area contributed by atoms with Gasteiger partial charge in [0.05, 0.1) is 5.57 Å². The average Bonchev–Trinajstić information content (AvgIpc) is 2.61. The number of carbonyl (C=O) groups is 1. The van der Waals surface area contributed by atoms with Gasteiger partial charge in [0, 0.05) is 35.6 Å². The molecule has 0 saturated carbocycles. The van der Waals surface area contributed by atoms with Crippen molar-refractivity contribution in [1.29, 1.82) is 0 Å². The number of nitrogens with zero attached hydrogens (tertiary/aromatic N) is 1. The van der Waals surface area contributed by atoms with Crippen LogP contribution in [0.15, 0.2) is 48.1 Å². The van der Waals surface area contributed by atoms with Crippen molar-refractivity contribution in [2.75, 3.05) is 11.4 Å². The highest BCUT2D eigenvalue weighted by atomic mass is 35.5. The molecule has 1 aliphatic carbocycles. The van der Waals surface area contributed by atoms with Crippen molar-refractivity contribution in [2.24, 2.45) is 11.8 Å². The number of alkyl halides is 3. The number of hydrogen-bond acceptors (Lipinski definition) is 2. The Hall–Kier alpha value is -1.95. The fourth-order valence-corrected chi connectivity index (χ4v) is 4.12. The second-order valence-electron chi connectivity index (χ2n) is 7.14. The molecule has 27 heavy (non-hydrogen) atoms. The van der Waals surface area contributed by atoms with Crippen molar-refractivity contribution in [1.82, 2.24) is 0 Å². The van der Waals surface area contributed by atoms with E-state index in [1.807, 2.05) is 12.1 Å². The molecule has 1 N–H and O–H groups in total. The molecule has 0 radical (unpaired) electrons. The summed E-state index contributed by atoms with van der Waals surface area (Å²) in [6.07, 6.45) is 1.44. The minimum Gasteiger partial charge on any atom is -0.481 e. The normalized spacial score (nSPS) is 26.0. The first kappa shape index (κ1) is 19.8. The van der Waals surface area contributed by atoms with Crippen LogP contribution in [0, 0.1) is 11.8 Å². The number of piperidine rings is 1. The SMILES string of the molecule is O=C(O)C[C@H]1CCN(c2ccc(Cl)cc2)[C@@H](C2C=CC(C(F)(F)F)=CC2)C1. The Balaban J connectivity index is 1.81. The average molecular weight is 400 g/mol. The minimum atomic E-state index is -4.34. The van der Waals surface area contributed by atoms with Gasteiger partial charge in [-0.3, -0.25) is 4.79 Å². The highest BCUT2D eigenvalue weighted by Crippen LogP contribution is 2.38. The molecule has 1 aromatic carbocycles. The molecule has 1 unspecified atom stereocenters. The standard InChI is InChI=1S/C20H21ClF3NO2/c21-16-5-7-17(8-6-16)25-10-9-13(12-19(26)27)11-18(25)14-1-3-15(4-2-14)20(22,23)24/h1,3-8,13-14,18H,2,9-12H2,(H,26,27)/t13-,14?,18+/m0/s1. The van der Waals surface area contributed by atoms with Gasteiger partial charge in [-0.15, -0.1) is 0 Å². The van der Waals surface area contributed by atoms with Crippen LogP contribution in [0.4, 0.5) is 18.9 Å². The van der Waals surface area contributed by atoms with Crippen molar-refractivity contribution < 1.29 is 23.1 Å². The largest absolute Gasteiger partial charge is 0.481 e. The zero-order valence-corrected chi connectivity index (χ0v) is 15.4. The monoisotopic (exact) mass is 399 g/mol. The lowest BCUT2D eigenvalue weighted by Crippen LogP contribution is -2.47. The Morgan fingerprint density at radius 3 is 2.52 bits per heavy atom. The minimum absolute atomic E-state index is 0.0254. The maximum Gasteiger partial charge on any atom is 0.416 e. The smallest absolute Gasteiger partial charge is 0.416 e. The van der Waals surface area contributed by atoms with Crippen LogP contribution in [0.5, 0.6) is 0 Å². The number of anilines is 1. The Morgan fingerprint density at radius 2 is 1.96 bits per heavy atom. The van der Waals surface area contributed by atoms with E-state index in [2.05, 4.69) is 4.90 Å². The van der Waals surface area contributed by atoms with E-state index in [4.69, 9.17) is 16.7 Å². The van der Waals surface area contributed by atoms with Gasteiger partial charge in [0.25, 0.3) is 0 Å². The molecule has 1 saturated heterocycles. The molecule has 3 nitrogen and oxygen atoms in total. The predicted molar refractivity (Wildman–Crippen MR) is 98.9 cm³/mol. The van der Waals surface area contributed by atoms with E-state index in [-0.39, 0.29) is 24.3 Å². The summed E-state index contributed by atoms with van der Waals surface area (Å²) < 4.78 is 38.7. The van der Waals surface area contributed by atoms with Crippen LogP contribution in [0.25, 0.3) is 0 Å². The lowest BCUT2D eigenvalue weighted by Gasteiger charge is -2.44. The van der Waals surface area contributed by atoms with Gasteiger partial charge in [-0.1, -0.05) is 29.8 Å². The Kier molecular flexibility index (Phi) is 5.84. The first-order chi connectivity index (χ1) is 12.7. The summed E-state index contributed by atoms with van der Waals surface area (Å²) in [6, 6.07) is 7.32. The fraction of sp³-hybridized carbons (Fsp3) is 0.450. The number of rotatable bonds is 4. The maximum absolute atomic E-state index is 12.9. The molecule has 0 amide bonds. The van der Waals surface area contributed by atoms with Crippen molar-refractivity contribution in [3.05, 3.63) is 53.1 Å². The fourth-order valence-electron chi connectivity index (χ4n) is 4.00. The first-order valence-electron chi connectivity index (χ1n) is 8.93. The van der Waals surface area contributed by atoms with Crippen molar-refractivity contribution in [3.63, 3.8) is 0 Å². The number of aliphatic carboxylic acids is 1. The van der Waals surface area contributed by atoms with Gasteiger partial charge in [-0.25, -0.2) is 0 Å². The van der Waals surface area contributed by atoms with Gasteiger partial charge in [-0.05, 0) is 49.4 Å². The number of halogens is 4. The highest BCUT2D eigenvalue weighted by molar-refractivity contribution is 6.30. The Morgan fingerprint density at radius 1 is 1.26 bits per heavy atom. The first-order valence-corrected chi connectivity index (χ1v) is 9.31. The number of benzene rings is 1. The van der Waals surface area contributed by atoms with Crippen LogP contribution >= 0.6 is 11.6 Å². The van der Waals surface area contributed by atoms with E-state index in [0.717, 1.165) is 18.2 Å². The third-order valence-electron chi connectivity index (χ3n) is 5.33. The number of allylic oxidation sites excluding steroid dienone is 3. The van der Waals surface area contributed by atoms with Crippen molar-refractivity contribution in [2.45, 2.75) is 37.9 Å². The zero-order chi connectivity index (χ0) is 19.6. The highest BCUT2D eigenvalue weighted by Gasteiger charge is 2.37. The number of hydrogen-bond donors (Lipinski definition) is 1. The Bertz CT molecular complexity index is 743. The third kappa shape index (κ3) is 4.86. The third-order valence-corrected chi connectivity index (χ3v) is 5.58. The molecule has 0 spiro atoms. The molecule has 1 aliphatic heterocycles. The molecule has 1 aromatic rings. The van der Waals surface area contributed by atoms with E-state index in [9.17, 15) is 18.0 Å². The molecule has 146 valence electrons. The van der Waals surface area contributed by atoms with Crippen molar-refractivity contribution >= 4 is 23.3 Å². The molecule has 1 heterocycles. The van der Waals surface area contributed by atoms with E-state index < -0.39 is 17.7 Å². The summed E-state index contributed by atoms with van der Waals surface area (Å²) in [6.45, 7) is 0.671. The molecular formula is C20H21ClF3NO2. The Labute approximate surface area is 161 Å². The summed E-state index contributed by atoms with van der Waals surface area (Å²) in [7, 11) is 0. The number of carboxylic acids is 1. The van der Waals surface area contributed by atoms with Crippen LogP contribution in [-0.2, 0) is 4.79 Å². The van der Waals surface area contributed by atoms with Gasteiger partial charge in [-0.2, -0.15) is 13.2 Å².